The average Bonchev–Trinajstić information content (AvgIpc) is 2.60. The number of carbonyl (C=O) groups is 1. The van der Waals surface area contributed by atoms with E-state index < -0.39 is 0 Å². The molecule has 0 saturated carbocycles. The molecule has 1 N–H and O–H groups in total. The number of carbonyl (C=O) groups excluding carboxylic acids is 1. The topological polar surface area (TPSA) is 66.0 Å². The van der Waals surface area contributed by atoms with Crippen molar-refractivity contribution >= 4 is 12.0 Å². The molecule has 24 heavy (non-hydrogen) atoms. The van der Waals surface area contributed by atoms with E-state index in [1.807, 2.05) is 38.1 Å². The van der Waals surface area contributed by atoms with Gasteiger partial charge in [-0.05, 0) is 26.0 Å². The molecule has 6 nitrogen and oxygen atoms in total. The number of hydrogen-bond donors (Lipinski definition) is 1. The summed E-state index contributed by atoms with van der Waals surface area (Å²) >= 11 is 0. The van der Waals surface area contributed by atoms with E-state index in [0.717, 1.165) is 11.3 Å². The lowest BCUT2D eigenvalue weighted by Gasteiger charge is -2.16. The third kappa shape index (κ3) is 8.10. The standard InChI is InChI=1S/C18H27NO5/c1-4-23-18(24-5-2)14-22-13-12-19-17(20)11-10-15-8-6-7-9-16(15)21-3/h6-11,18H,4-5,12-14H2,1-3H3,(H,19,20). The molecule has 1 rings (SSSR count). The fraction of sp³-hybridized carbons (Fsp3) is 0.500. The zero-order valence-electron chi connectivity index (χ0n) is 14.6. The summed E-state index contributed by atoms with van der Waals surface area (Å²) in [5, 5.41) is 2.75. The molecule has 134 valence electrons. The lowest BCUT2D eigenvalue weighted by atomic mass is 10.2. The number of hydrogen-bond acceptors (Lipinski definition) is 5. The molecule has 0 spiro atoms. The second kappa shape index (κ2) is 12.5. The van der Waals surface area contributed by atoms with Gasteiger partial charge in [-0.1, -0.05) is 18.2 Å². The Morgan fingerprint density at radius 1 is 1.21 bits per heavy atom. The zero-order chi connectivity index (χ0) is 17.6. The molecule has 0 aliphatic carbocycles. The summed E-state index contributed by atoms with van der Waals surface area (Å²) in [5.41, 5.74) is 0.850. The maximum Gasteiger partial charge on any atom is 0.244 e. The molecule has 1 aromatic carbocycles. The first-order valence-corrected chi connectivity index (χ1v) is 8.11. The first-order chi connectivity index (χ1) is 11.7. The van der Waals surface area contributed by atoms with Crippen LogP contribution in [0.2, 0.25) is 0 Å². The lowest BCUT2D eigenvalue weighted by Crippen LogP contribution is -2.28. The van der Waals surface area contributed by atoms with Crippen LogP contribution in [0.25, 0.3) is 6.08 Å². The van der Waals surface area contributed by atoms with Gasteiger partial charge < -0.3 is 24.3 Å². The van der Waals surface area contributed by atoms with Crippen LogP contribution in [0, 0.1) is 0 Å². The number of benzene rings is 1. The molecule has 1 aromatic rings. The molecule has 1 amide bonds. The van der Waals surface area contributed by atoms with Crippen LogP contribution in [0.5, 0.6) is 5.75 Å². The van der Waals surface area contributed by atoms with Crippen molar-refractivity contribution in [3.8, 4) is 5.75 Å². The number of methoxy groups -OCH3 is 1. The normalized spacial score (nSPS) is 11.2. The Kier molecular flexibility index (Phi) is 10.5. The summed E-state index contributed by atoms with van der Waals surface area (Å²) in [6.45, 7) is 6.09. The predicted molar refractivity (Wildman–Crippen MR) is 92.9 cm³/mol. The second-order valence-corrected chi connectivity index (χ2v) is 4.78. The SMILES string of the molecule is CCOC(COCCNC(=O)C=Cc1ccccc1OC)OCC. The maximum absolute atomic E-state index is 11.8. The summed E-state index contributed by atoms with van der Waals surface area (Å²) in [5.74, 6) is 0.540. The van der Waals surface area contributed by atoms with Gasteiger partial charge >= 0.3 is 0 Å². The molecule has 0 aliphatic heterocycles. The van der Waals surface area contributed by atoms with E-state index in [1.54, 1.807) is 13.2 Å². The third-order valence-electron chi connectivity index (χ3n) is 3.06. The van der Waals surface area contributed by atoms with Gasteiger partial charge in [0.2, 0.25) is 5.91 Å². The van der Waals surface area contributed by atoms with Gasteiger partial charge in [0.25, 0.3) is 0 Å². The Hall–Kier alpha value is -1.89. The van der Waals surface area contributed by atoms with Gasteiger partial charge in [0, 0.05) is 31.4 Å². The van der Waals surface area contributed by atoms with E-state index in [1.165, 1.54) is 6.08 Å². The van der Waals surface area contributed by atoms with Gasteiger partial charge in [0.05, 0.1) is 20.3 Å². The summed E-state index contributed by atoms with van der Waals surface area (Å²) in [4.78, 5) is 11.8. The van der Waals surface area contributed by atoms with Crippen LogP contribution < -0.4 is 10.1 Å². The van der Waals surface area contributed by atoms with E-state index in [4.69, 9.17) is 18.9 Å². The minimum absolute atomic E-state index is 0.185. The highest BCUT2D eigenvalue weighted by molar-refractivity contribution is 5.92. The van der Waals surface area contributed by atoms with Crippen molar-refractivity contribution in [2.24, 2.45) is 0 Å². The number of nitrogens with one attached hydrogen (secondary N) is 1. The maximum atomic E-state index is 11.8. The average molecular weight is 337 g/mol. The highest BCUT2D eigenvalue weighted by Crippen LogP contribution is 2.18. The first kappa shape index (κ1) is 20.2. The fourth-order valence-corrected chi connectivity index (χ4v) is 1.97. The lowest BCUT2D eigenvalue weighted by molar-refractivity contribution is -0.166. The molecule has 0 fully saturated rings. The van der Waals surface area contributed by atoms with E-state index in [9.17, 15) is 4.79 Å². The van der Waals surface area contributed by atoms with Gasteiger partial charge in [0.15, 0.2) is 6.29 Å². The molecular formula is C18H27NO5. The number of rotatable bonds is 12. The molecule has 0 saturated heterocycles. The quantitative estimate of drug-likeness (QED) is 0.360. The van der Waals surface area contributed by atoms with Gasteiger partial charge in [-0.2, -0.15) is 0 Å². The molecule has 0 unspecified atom stereocenters. The second-order valence-electron chi connectivity index (χ2n) is 4.78. The minimum atomic E-state index is -0.360. The smallest absolute Gasteiger partial charge is 0.244 e. The van der Waals surface area contributed by atoms with Crippen LogP contribution in [0.4, 0.5) is 0 Å². The zero-order valence-corrected chi connectivity index (χ0v) is 14.6. The van der Waals surface area contributed by atoms with E-state index in [2.05, 4.69) is 5.32 Å². The largest absolute Gasteiger partial charge is 0.496 e. The minimum Gasteiger partial charge on any atom is -0.496 e. The molecule has 6 heteroatoms. The molecule has 0 bridgehead atoms. The Bertz CT molecular complexity index is 498. The predicted octanol–water partition coefficient (Wildman–Crippen LogP) is 2.24. The molecule has 0 aromatic heterocycles. The summed E-state index contributed by atoms with van der Waals surface area (Å²) < 4.78 is 21.4. The Balaban J connectivity index is 2.25. The van der Waals surface area contributed by atoms with Crippen molar-refractivity contribution in [2.75, 3.05) is 40.1 Å². The van der Waals surface area contributed by atoms with Crippen molar-refractivity contribution in [1.29, 1.82) is 0 Å². The number of ether oxygens (including phenoxy) is 4. The molecular weight excluding hydrogens is 310 g/mol. The molecule has 0 aliphatic rings. The van der Waals surface area contributed by atoms with Gasteiger partial charge in [-0.25, -0.2) is 0 Å². The van der Waals surface area contributed by atoms with E-state index in [-0.39, 0.29) is 12.2 Å². The van der Waals surface area contributed by atoms with Crippen LogP contribution >= 0.6 is 0 Å². The first-order valence-electron chi connectivity index (χ1n) is 8.11. The summed E-state index contributed by atoms with van der Waals surface area (Å²) in [7, 11) is 1.60. The molecule has 0 radical (unpaired) electrons. The highest BCUT2D eigenvalue weighted by atomic mass is 16.7. The van der Waals surface area contributed by atoms with Crippen molar-refractivity contribution in [2.45, 2.75) is 20.1 Å². The van der Waals surface area contributed by atoms with Crippen molar-refractivity contribution in [3.63, 3.8) is 0 Å². The molecule has 0 heterocycles. The third-order valence-corrected chi connectivity index (χ3v) is 3.06. The van der Waals surface area contributed by atoms with Crippen LogP contribution in [0.3, 0.4) is 0 Å². The Morgan fingerprint density at radius 2 is 1.92 bits per heavy atom. The summed E-state index contributed by atoms with van der Waals surface area (Å²) in [6.07, 6.45) is 2.83. The summed E-state index contributed by atoms with van der Waals surface area (Å²) in [6, 6.07) is 7.50. The number of para-hydroxylation sites is 1. The van der Waals surface area contributed by atoms with Gasteiger partial charge in [-0.3, -0.25) is 4.79 Å². The van der Waals surface area contributed by atoms with Gasteiger partial charge in [-0.15, -0.1) is 0 Å². The highest BCUT2D eigenvalue weighted by Gasteiger charge is 2.07. The number of amides is 1. The van der Waals surface area contributed by atoms with Crippen LogP contribution in [0.1, 0.15) is 19.4 Å². The van der Waals surface area contributed by atoms with Crippen LogP contribution in [-0.4, -0.2) is 52.3 Å². The van der Waals surface area contributed by atoms with Crippen molar-refractivity contribution in [3.05, 3.63) is 35.9 Å². The Morgan fingerprint density at radius 3 is 2.58 bits per heavy atom. The van der Waals surface area contributed by atoms with Crippen molar-refractivity contribution < 1.29 is 23.7 Å². The van der Waals surface area contributed by atoms with E-state index in [0.29, 0.717) is 33.0 Å². The Labute approximate surface area is 143 Å². The van der Waals surface area contributed by atoms with E-state index >= 15 is 0 Å². The fourth-order valence-electron chi connectivity index (χ4n) is 1.97. The van der Waals surface area contributed by atoms with Crippen molar-refractivity contribution in [1.82, 2.24) is 5.32 Å². The van der Waals surface area contributed by atoms with Crippen LogP contribution in [0.15, 0.2) is 30.3 Å². The van der Waals surface area contributed by atoms with Gasteiger partial charge in [0.1, 0.15) is 5.75 Å². The van der Waals surface area contributed by atoms with Crippen LogP contribution in [-0.2, 0) is 19.0 Å². The monoisotopic (exact) mass is 337 g/mol. The molecule has 0 atom stereocenters.